The molecule has 0 unspecified atom stereocenters. The van der Waals surface area contributed by atoms with Gasteiger partial charge in [-0.2, -0.15) is 5.10 Å². The third kappa shape index (κ3) is 2.63. The summed E-state index contributed by atoms with van der Waals surface area (Å²) in [6, 6.07) is 3.42. The summed E-state index contributed by atoms with van der Waals surface area (Å²) in [7, 11) is 1.84. The number of allylic oxidation sites excluding steroid dienone is 1. The first-order chi connectivity index (χ1) is 13.6. The van der Waals surface area contributed by atoms with Gasteiger partial charge in [-0.3, -0.25) is 14.6 Å². The van der Waals surface area contributed by atoms with Crippen LogP contribution >= 0.6 is 11.3 Å². The molecule has 0 amide bonds. The molecule has 0 bridgehead atoms. The van der Waals surface area contributed by atoms with Gasteiger partial charge in [-0.1, -0.05) is 12.1 Å². The Morgan fingerprint density at radius 1 is 1.32 bits per heavy atom. The summed E-state index contributed by atoms with van der Waals surface area (Å²) in [5, 5.41) is 6.05. The maximum atomic E-state index is 13.0. The molecule has 1 aliphatic heterocycles. The Balaban J connectivity index is 1.60. The van der Waals surface area contributed by atoms with Gasteiger partial charge in [0.1, 0.15) is 10.5 Å². The van der Waals surface area contributed by atoms with Gasteiger partial charge in [-0.05, 0) is 12.1 Å². The molecule has 4 aromatic rings. The van der Waals surface area contributed by atoms with E-state index in [0.29, 0.717) is 17.5 Å². The highest BCUT2D eigenvalue weighted by Gasteiger charge is 2.19. The van der Waals surface area contributed by atoms with Crippen LogP contribution in [0.15, 0.2) is 51.3 Å². The standard InChI is InChI=1S/C19H16N6O2S/c1-24-15-13(16-17(24)23-14(28-16)8-12-5-3-6-20-12)9-22-25(19(15)27)10-11-4-2-7-21-18(11)26/h2-5,7,9H,6,8,10H2,1H3,(H,21,26). The van der Waals surface area contributed by atoms with Gasteiger partial charge in [0.2, 0.25) is 0 Å². The zero-order valence-corrected chi connectivity index (χ0v) is 15.9. The minimum absolute atomic E-state index is 0.120. The van der Waals surface area contributed by atoms with Crippen molar-refractivity contribution in [3.63, 3.8) is 0 Å². The molecule has 140 valence electrons. The monoisotopic (exact) mass is 392 g/mol. The summed E-state index contributed by atoms with van der Waals surface area (Å²) >= 11 is 1.57. The number of hydrogen-bond donors (Lipinski definition) is 1. The van der Waals surface area contributed by atoms with Crippen molar-refractivity contribution >= 4 is 38.3 Å². The molecule has 0 atom stereocenters. The van der Waals surface area contributed by atoms with E-state index in [2.05, 4.69) is 15.1 Å². The fourth-order valence-electron chi connectivity index (χ4n) is 3.44. The van der Waals surface area contributed by atoms with Crippen LogP contribution < -0.4 is 11.1 Å². The molecule has 4 aromatic heterocycles. The summed E-state index contributed by atoms with van der Waals surface area (Å²) in [4.78, 5) is 36.7. The number of aromatic nitrogens is 5. The highest BCUT2D eigenvalue weighted by Crippen LogP contribution is 2.31. The largest absolute Gasteiger partial charge is 0.329 e. The Kier molecular flexibility index (Phi) is 3.83. The smallest absolute Gasteiger partial charge is 0.291 e. The van der Waals surface area contributed by atoms with E-state index in [1.807, 2.05) is 23.8 Å². The van der Waals surface area contributed by atoms with Crippen LogP contribution in [0.3, 0.4) is 0 Å². The number of thiazole rings is 1. The van der Waals surface area contributed by atoms with E-state index in [1.165, 1.54) is 4.68 Å². The number of nitrogens with one attached hydrogen (secondary N) is 1. The minimum atomic E-state index is -0.238. The van der Waals surface area contributed by atoms with Crippen LogP contribution in [0, 0.1) is 0 Å². The number of rotatable bonds is 4. The van der Waals surface area contributed by atoms with Crippen LogP contribution in [0.25, 0.3) is 21.3 Å². The summed E-state index contributed by atoms with van der Waals surface area (Å²) in [5.41, 5.74) is 2.36. The highest BCUT2D eigenvalue weighted by molar-refractivity contribution is 7.19. The Morgan fingerprint density at radius 2 is 2.21 bits per heavy atom. The lowest BCUT2D eigenvalue weighted by Crippen LogP contribution is -2.27. The SMILES string of the molecule is Cn1c2nc(CC3=NCC=C3)sc2c2cnn(Cc3ccc[nH]c3=O)c(=O)c21. The second-order valence-electron chi connectivity index (χ2n) is 6.62. The van der Waals surface area contributed by atoms with Gasteiger partial charge in [0, 0.05) is 36.3 Å². The van der Waals surface area contributed by atoms with Gasteiger partial charge < -0.3 is 9.55 Å². The third-order valence-corrected chi connectivity index (χ3v) is 5.91. The molecule has 0 radical (unpaired) electrons. The Morgan fingerprint density at radius 3 is 3.00 bits per heavy atom. The molecule has 1 N–H and O–H groups in total. The second-order valence-corrected chi connectivity index (χ2v) is 7.71. The van der Waals surface area contributed by atoms with Gasteiger partial charge in [0.05, 0.1) is 24.0 Å². The third-order valence-electron chi connectivity index (χ3n) is 4.83. The van der Waals surface area contributed by atoms with E-state index in [4.69, 9.17) is 4.98 Å². The van der Waals surface area contributed by atoms with Gasteiger partial charge in [-0.25, -0.2) is 9.67 Å². The first-order valence-electron chi connectivity index (χ1n) is 8.82. The van der Waals surface area contributed by atoms with E-state index < -0.39 is 0 Å². The number of nitrogens with zero attached hydrogens (tertiary/aromatic N) is 5. The van der Waals surface area contributed by atoms with Crippen LogP contribution in [-0.2, 0) is 20.0 Å². The van der Waals surface area contributed by atoms with Crippen molar-refractivity contribution in [2.24, 2.45) is 12.0 Å². The number of fused-ring (bicyclic) bond motifs is 3. The molecule has 8 nitrogen and oxygen atoms in total. The number of H-pyrrole nitrogens is 1. The average Bonchev–Trinajstić information content (AvgIpc) is 3.39. The molecule has 1 aliphatic rings. The molecule has 0 aliphatic carbocycles. The number of aliphatic imine (C=N–C) groups is 1. The van der Waals surface area contributed by atoms with E-state index in [0.717, 1.165) is 33.0 Å². The first-order valence-corrected chi connectivity index (χ1v) is 9.64. The summed E-state index contributed by atoms with van der Waals surface area (Å²) in [6.07, 6.45) is 7.99. The van der Waals surface area contributed by atoms with Crippen LogP contribution in [0.2, 0.25) is 0 Å². The van der Waals surface area contributed by atoms with Crippen LogP contribution in [0.4, 0.5) is 0 Å². The Hall–Kier alpha value is -3.33. The molecule has 5 rings (SSSR count). The topological polar surface area (TPSA) is 97.9 Å². The molecule has 0 spiro atoms. The molecule has 0 saturated carbocycles. The van der Waals surface area contributed by atoms with Crippen LogP contribution in [0.1, 0.15) is 10.6 Å². The minimum Gasteiger partial charge on any atom is -0.329 e. The highest BCUT2D eigenvalue weighted by atomic mass is 32.1. The number of aryl methyl sites for hydroxylation is 1. The van der Waals surface area contributed by atoms with Crippen LogP contribution in [0.5, 0.6) is 0 Å². The Labute approximate surface area is 162 Å². The average molecular weight is 392 g/mol. The van der Waals surface area contributed by atoms with Gasteiger partial charge in [0.15, 0.2) is 5.65 Å². The quantitative estimate of drug-likeness (QED) is 0.571. The van der Waals surface area contributed by atoms with Crippen molar-refractivity contribution in [2.45, 2.75) is 13.0 Å². The molecule has 0 saturated heterocycles. The van der Waals surface area contributed by atoms with Crippen molar-refractivity contribution in [1.82, 2.24) is 24.3 Å². The number of pyridine rings is 1. The van der Waals surface area contributed by atoms with E-state index >= 15 is 0 Å². The van der Waals surface area contributed by atoms with E-state index in [-0.39, 0.29) is 17.7 Å². The molecule has 28 heavy (non-hydrogen) atoms. The van der Waals surface area contributed by atoms with E-state index in [1.54, 1.807) is 35.9 Å². The lowest BCUT2D eigenvalue weighted by molar-refractivity contribution is 0.639. The van der Waals surface area contributed by atoms with Crippen molar-refractivity contribution in [3.8, 4) is 0 Å². The van der Waals surface area contributed by atoms with E-state index in [9.17, 15) is 9.59 Å². The maximum Gasteiger partial charge on any atom is 0.291 e. The molecule has 0 fully saturated rings. The van der Waals surface area contributed by atoms with Crippen molar-refractivity contribution < 1.29 is 0 Å². The Bertz CT molecular complexity index is 1400. The predicted molar refractivity (Wildman–Crippen MR) is 109 cm³/mol. The van der Waals surface area contributed by atoms with Gasteiger partial charge >= 0.3 is 0 Å². The van der Waals surface area contributed by atoms with Crippen LogP contribution in [-0.4, -0.2) is 36.6 Å². The maximum absolute atomic E-state index is 13.0. The van der Waals surface area contributed by atoms with Crippen molar-refractivity contribution in [2.75, 3.05) is 6.54 Å². The molecule has 5 heterocycles. The zero-order chi connectivity index (χ0) is 19.3. The first kappa shape index (κ1) is 16.8. The van der Waals surface area contributed by atoms with Crippen molar-refractivity contribution in [3.05, 3.63) is 68.0 Å². The summed E-state index contributed by atoms with van der Waals surface area (Å²) in [6.45, 7) is 0.853. The molecular formula is C19H16N6O2S. The molecular weight excluding hydrogens is 376 g/mol. The fraction of sp³-hybridized carbons (Fsp3) is 0.211. The molecule has 9 heteroatoms. The lowest BCUT2D eigenvalue weighted by Gasteiger charge is -2.05. The fourth-order valence-corrected chi connectivity index (χ4v) is 4.57. The second kappa shape index (κ2) is 6.38. The molecule has 0 aromatic carbocycles. The number of aromatic amines is 1. The normalized spacial score (nSPS) is 13.7. The predicted octanol–water partition coefficient (Wildman–Crippen LogP) is 1.63. The number of hydrogen-bond acceptors (Lipinski definition) is 6. The zero-order valence-electron chi connectivity index (χ0n) is 15.0. The lowest BCUT2D eigenvalue weighted by atomic mass is 10.3. The summed E-state index contributed by atoms with van der Waals surface area (Å²) < 4.78 is 4.08. The van der Waals surface area contributed by atoms with Gasteiger partial charge in [-0.15, -0.1) is 11.3 Å². The van der Waals surface area contributed by atoms with Gasteiger partial charge in [0.25, 0.3) is 11.1 Å². The summed E-state index contributed by atoms with van der Waals surface area (Å²) in [5.74, 6) is 0. The van der Waals surface area contributed by atoms with Crippen molar-refractivity contribution in [1.29, 1.82) is 0 Å².